The van der Waals surface area contributed by atoms with Crippen molar-refractivity contribution < 1.29 is 19.0 Å². The highest BCUT2D eigenvalue weighted by Crippen LogP contribution is 2.14. The van der Waals surface area contributed by atoms with Crippen molar-refractivity contribution in [3.8, 4) is 0 Å². The first kappa shape index (κ1) is 12.4. The van der Waals surface area contributed by atoms with Crippen LogP contribution in [0.3, 0.4) is 0 Å². The maximum Gasteiger partial charge on any atom is 0.314 e. The van der Waals surface area contributed by atoms with Gasteiger partial charge in [0.2, 0.25) is 0 Å². The van der Waals surface area contributed by atoms with Crippen LogP contribution in [0.15, 0.2) is 0 Å². The lowest BCUT2D eigenvalue weighted by Gasteiger charge is -2.21. The second kappa shape index (κ2) is 6.86. The summed E-state index contributed by atoms with van der Waals surface area (Å²) in [5.41, 5.74) is 0. The summed E-state index contributed by atoms with van der Waals surface area (Å²) in [7, 11) is 3.02. The molecule has 0 aromatic heterocycles. The van der Waals surface area contributed by atoms with E-state index in [2.05, 4.69) is 0 Å². The van der Waals surface area contributed by atoms with Gasteiger partial charge in [-0.3, -0.25) is 4.79 Å². The molecule has 0 aromatic rings. The fraction of sp³-hybridized carbons (Fsp3) is 0.889. The van der Waals surface area contributed by atoms with Gasteiger partial charge >= 0.3 is 5.97 Å². The molecule has 78 valence electrons. The molecule has 4 heteroatoms. The van der Waals surface area contributed by atoms with Gasteiger partial charge < -0.3 is 14.2 Å². The molecule has 13 heavy (non-hydrogen) atoms. The second-order valence-corrected chi connectivity index (χ2v) is 2.61. The molecule has 0 aromatic carbocycles. The Bertz CT molecular complexity index is 143. The van der Waals surface area contributed by atoms with Crippen LogP contribution >= 0.6 is 0 Å². The number of methoxy groups -OCH3 is 2. The van der Waals surface area contributed by atoms with Crippen molar-refractivity contribution in [2.24, 2.45) is 5.92 Å². The largest absolute Gasteiger partial charge is 0.466 e. The monoisotopic (exact) mass is 190 g/mol. The van der Waals surface area contributed by atoms with Crippen LogP contribution in [0.1, 0.15) is 20.3 Å². The van der Waals surface area contributed by atoms with Gasteiger partial charge in [-0.1, -0.05) is 6.92 Å². The van der Waals surface area contributed by atoms with Gasteiger partial charge in [-0.05, 0) is 13.3 Å². The molecule has 0 fully saturated rings. The minimum atomic E-state index is -0.510. The normalized spacial score (nSPS) is 13.0. The summed E-state index contributed by atoms with van der Waals surface area (Å²) in [6.07, 6.45) is 0.134. The molecule has 0 N–H and O–H groups in total. The van der Waals surface area contributed by atoms with Crippen LogP contribution in [0.2, 0.25) is 0 Å². The summed E-state index contributed by atoms with van der Waals surface area (Å²) in [4.78, 5) is 11.4. The molecule has 4 nitrogen and oxygen atoms in total. The Labute approximate surface area is 79.2 Å². The Morgan fingerprint density at radius 2 is 1.77 bits per heavy atom. The third kappa shape index (κ3) is 3.74. The molecule has 0 aliphatic heterocycles. The van der Waals surface area contributed by atoms with Crippen LogP contribution in [0, 0.1) is 5.92 Å². The van der Waals surface area contributed by atoms with E-state index in [9.17, 15) is 4.79 Å². The Balaban J connectivity index is 4.20. The fourth-order valence-electron chi connectivity index (χ4n) is 1.14. The molecule has 0 saturated heterocycles. The first-order valence-electron chi connectivity index (χ1n) is 4.43. The average Bonchev–Trinajstić information content (AvgIpc) is 2.14. The van der Waals surface area contributed by atoms with E-state index >= 15 is 0 Å². The number of rotatable bonds is 6. The third-order valence-corrected chi connectivity index (χ3v) is 1.82. The van der Waals surface area contributed by atoms with Crippen molar-refractivity contribution in [3.05, 3.63) is 0 Å². The number of carbonyl (C=O) groups is 1. The van der Waals surface area contributed by atoms with E-state index < -0.39 is 6.29 Å². The summed E-state index contributed by atoms with van der Waals surface area (Å²) in [6.45, 7) is 4.06. The number of ether oxygens (including phenoxy) is 3. The first-order chi connectivity index (χ1) is 6.21. The molecule has 0 amide bonds. The summed E-state index contributed by atoms with van der Waals surface area (Å²) in [5.74, 6) is -0.603. The summed E-state index contributed by atoms with van der Waals surface area (Å²) in [5, 5.41) is 0. The third-order valence-electron chi connectivity index (χ3n) is 1.82. The molecular formula is C9H18O4. The Morgan fingerprint density at radius 3 is 2.08 bits per heavy atom. The van der Waals surface area contributed by atoms with Gasteiger partial charge in [-0.15, -0.1) is 0 Å². The van der Waals surface area contributed by atoms with Crippen LogP contribution in [0.25, 0.3) is 0 Å². The molecule has 0 heterocycles. The van der Waals surface area contributed by atoms with Crippen LogP contribution < -0.4 is 0 Å². The topological polar surface area (TPSA) is 44.8 Å². The van der Waals surface area contributed by atoms with Crippen LogP contribution in [0.4, 0.5) is 0 Å². The van der Waals surface area contributed by atoms with E-state index in [1.807, 2.05) is 6.92 Å². The van der Waals surface area contributed by atoms with Crippen molar-refractivity contribution in [1.82, 2.24) is 0 Å². The van der Waals surface area contributed by atoms with Gasteiger partial charge in [0.05, 0.1) is 6.61 Å². The predicted octanol–water partition coefficient (Wildman–Crippen LogP) is 1.19. The summed E-state index contributed by atoms with van der Waals surface area (Å²) >= 11 is 0. The van der Waals surface area contributed by atoms with Gasteiger partial charge in [0.15, 0.2) is 6.29 Å². The van der Waals surface area contributed by atoms with E-state index in [0.717, 1.165) is 0 Å². The number of esters is 1. The number of carbonyl (C=O) groups excluding carboxylic acids is 1. The molecular weight excluding hydrogens is 172 g/mol. The van der Waals surface area contributed by atoms with Crippen molar-refractivity contribution in [3.63, 3.8) is 0 Å². The fourth-order valence-corrected chi connectivity index (χ4v) is 1.14. The van der Waals surface area contributed by atoms with Crippen LogP contribution in [-0.4, -0.2) is 33.1 Å². The van der Waals surface area contributed by atoms with E-state index in [0.29, 0.717) is 13.0 Å². The van der Waals surface area contributed by atoms with Gasteiger partial charge in [0.1, 0.15) is 5.92 Å². The van der Waals surface area contributed by atoms with E-state index in [-0.39, 0.29) is 11.9 Å². The highest BCUT2D eigenvalue weighted by Gasteiger charge is 2.27. The van der Waals surface area contributed by atoms with Crippen LogP contribution in [-0.2, 0) is 19.0 Å². The average molecular weight is 190 g/mol. The minimum Gasteiger partial charge on any atom is -0.466 e. The molecule has 0 bridgehead atoms. The first-order valence-corrected chi connectivity index (χ1v) is 4.43. The van der Waals surface area contributed by atoms with Crippen molar-refractivity contribution >= 4 is 5.97 Å². The highest BCUT2D eigenvalue weighted by atomic mass is 16.7. The molecule has 0 saturated carbocycles. The molecule has 0 aliphatic rings. The highest BCUT2D eigenvalue weighted by molar-refractivity contribution is 5.72. The molecule has 1 atom stereocenters. The smallest absolute Gasteiger partial charge is 0.314 e. The van der Waals surface area contributed by atoms with Gasteiger partial charge in [-0.25, -0.2) is 0 Å². The summed E-state index contributed by atoms with van der Waals surface area (Å²) in [6, 6.07) is 0. The predicted molar refractivity (Wildman–Crippen MR) is 48.2 cm³/mol. The zero-order valence-corrected chi connectivity index (χ0v) is 8.70. The van der Waals surface area contributed by atoms with Crippen LogP contribution in [0.5, 0.6) is 0 Å². The summed E-state index contributed by atoms with van der Waals surface area (Å²) < 4.78 is 14.9. The van der Waals surface area contributed by atoms with E-state index in [4.69, 9.17) is 14.2 Å². The zero-order chi connectivity index (χ0) is 10.3. The standard InChI is InChI=1S/C9H18O4/c1-5-7(8(10)13-6-2)9(11-3)12-4/h7,9H,5-6H2,1-4H3. The van der Waals surface area contributed by atoms with Gasteiger partial charge in [0, 0.05) is 14.2 Å². The molecule has 0 aliphatic carbocycles. The molecule has 1 unspecified atom stereocenters. The Hall–Kier alpha value is -0.610. The van der Waals surface area contributed by atoms with E-state index in [1.54, 1.807) is 6.92 Å². The van der Waals surface area contributed by atoms with Gasteiger partial charge in [-0.2, -0.15) is 0 Å². The zero-order valence-electron chi connectivity index (χ0n) is 8.70. The quantitative estimate of drug-likeness (QED) is 0.466. The lowest BCUT2D eigenvalue weighted by atomic mass is 10.1. The Kier molecular flexibility index (Phi) is 6.54. The SMILES string of the molecule is CCOC(=O)C(CC)C(OC)OC. The van der Waals surface area contributed by atoms with Crippen molar-refractivity contribution in [2.45, 2.75) is 26.6 Å². The maximum absolute atomic E-state index is 11.4. The van der Waals surface area contributed by atoms with Crippen molar-refractivity contribution in [1.29, 1.82) is 0 Å². The lowest BCUT2D eigenvalue weighted by Crippen LogP contribution is -2.32. The molecule has 0 radical (unpaired) electrons. The number of hydrogen-bond donors (Lipinski definition) is 0. The van der Waals surface area contributed by atoms with Gasteiger partial charge in [0.25, 0.3) is 0 Å². The van der Waals surface area contributed by atoms with E-state index in [1.165, 1.54) is 14.2 Å². The molecule has 0 spiro atoms. The molecule has 0 rings (SSSR count). The minimum absolute atomic E-state index is 0.265. The number of hydrogen-bond acceptors (Lipinski definition) is 4. The Morgan fingerprint density at radius 1 is 1.23 bits per heavy atom. The maximum atomic E-state index is 11.4. The van der Waals surface area contributed by atoms with Crippen molar-refractivity contribution in [2.75, 3.05) is 20.8 Å². The second-order valence-electron chi connectivity index (χ2n) is 2.61. The lowest BCUT2D eigenvalue weighted by molar-refractivity contribution is -0.176.